The zero-order valence-electron chi connectivity index (χ0n) is 11.8. The van der Waals surface area contributed by atoms with Gasteiger partial charge >= 0.3 is 0 Å². The summed E-state index contributed by atoms with van der Waals surface area (Å²) in [6, 6.07) is 4.40. The Balaban J connectivity index is 0.00000361. The zero-order valence-corrected chi connectivity index (χ0v) is 12.6. The minimum atomic E-state index is -0.494. The number of anilines is 1. The number of rotatable bonds is 7. The van der Waals surface area contributed by atoms with Gasteiger partial charge in [-0.05, 0) is 12.1 Å². The number of ether oxygens (including phenoxy) is 2. The minimum absolute atomic E-state index is 0. The van der Waals surface area contributed by atoms with Crippen molar-refractivity contribution in [1.82, 2.24) is 5.32 Å². The second-order valence-corrected chi connectivity index (χ2v) is 3.94. The molecule has 20 heavy (non-hydrogen) atoms. The van der Waals surface area contributed by atoms with Crippen molar-refractivity contribution in [2.24, 2.45) is 0 Å². The Hall–Kier alpha value is -1.37. The molecule has 0 radical (unpaired) electrons. The molecule has 1 aromatic carbocycles. The molecule has 0 atom stereocenters. The van der Waals surface area contributed by atoms with E-state index < -0.39 is 5.82 Å². The first-order chi connectivity index (χ1) is 9.10. The third-order valence-electron chi connectivity index (χ3n) is 2.66. The summed E-state index contributed by atoms with van der Waals surface area (Å²) < 4.78 is 23.2. The average Bonchev–Trinajstić information content (AvgIpc) is 2.42. The molecule has 1 amide bonds. The highest BCUT2D eigenvalue weighted by Crippen LogP contribution is 2.22. The van der Waals surface area contributed by atoms with E-state index in [2.05, 4.69) is 5.32 Å². The van der Waals surface area contributed by atoms with E-state index in [0.29, 0.717) is 18.8 Å². The predicted octanol–water partition coefficient (Wildman–Crippen LogP) is 1.45. The molecule has 0 unspecified atom stereocenters. The number of likely N-dealkylation sites (N-methyl/N-ethyl adjacent to an activating group) is 1. The Morgan fingerprint density at radius 1 is 1.40 bits per heavy atom. The highest BCUT2D eigenvalue weighted by molar-refractivity contribution is 5.94. The van der Waals surface area contributed by atoms with Crippen molar-refractivity contribution in [2.45, 2.75) is 0 Å². The van der Waals surface area contributed by atoms with E-state index in [0.717, 1.165) is 0 Å². The Morgan fingerprint density at radius 3 is 2.65 bits per heavy atom. The number of methoxy groups -OCH3 is 2. The number of amides is 1. The molecule has 0 heterocycles. The summed E-state index contributed by atoms with van der Waals surface area (Å²) in [4.78, 5) is 13.2. The molecule has 114 valence electrons. The molecule has 1 rings (SSSR count). The Morgan fingerprint density at radius 2 is 2.10 bits per heavy atom. The molecule has 5 nitrogen and oxygen atoms in total. The SMILES string of the molecule is COCCNCC(=O)N(C)c1ccc(OC)c(F)c1.Cl. The Labute approximate surface area is 124 Å². The van der Waals surface area contributed by atoms with Crippen LogP contribution in [0.3, 0.4) is 0 Å². The summed E-state index contributed by atoms with van der Waals surface area (Å²) in [5, 5.41) is 2.94. The van der Waals surface area contributed by atoms with Crippen molar-refractivity contribution in [3.63, 3.8) is 0 Å². The van der Waals surface area contributed by atoms with Crippen LogP contribution in [0, 0.1) is 5.82 Å². The molecular formula is C13H20ClFN2O3. The summed E-state index contributed by atoms with van der Waals surface area (Å²) in [6.45, 7) is 1.30. The first-order valence-corrected chi connectivity index (χ1v) is 5.90. The van der Waals surface area contributed by atoms with Crippen LogP contribution in [0.1, 0.15) is 0 Å². The van der Waals surface area contributed by atoms with Crippen molar-refractivity contribution in [3.05, 3.63) is 24.0 Å². The smallest absolute Gasteiger partial charge is 0.240 e. The lowest BCUT2D eigenvalue weighted by Gasteiger charge is -2.18. The van der Waals surface area contributed by atoms with Gasteiger partial charge in [-0.3, -0.25) is 4.79 Å². The Bertz CT molecular complexity index is 432. The van der Waals surface area contributed by atoms with Gasteiger partial charge in [-0.1, -0.05) is 0 Å². The van der Waals surface area contributed by atoms with Gasteiger partial charge in [-0.25, -0.2) is 4.39 Å². The van der Waals surface area contributed by atoms with Gasteiger partial charge in [0.05, 0.1) is 20.3 Å². The van der Waals surface area contributed by atoms with Crippen LogP contribution in [0.4, 0.5) is 10.1 Å². The van der Waals surface area contributed by atoms with E-state index in [1.807, 2.05) is 0 Å². The van der Waals surface area contributed by atoms with Crippen LogP contribution < -0.4 is 15.0 Å². The molecule has 1 aromatic rings. The van der Waals surface area contributed by atoms with E-state index in [9.17, 15) is 9.18 Å². The van der Waals surface area contributed by atoms with Gasteiger partial charge in [-0.15, -0.1) is 12.4 Å². The normalized spacial score (nSPS) is 9.80. The van der Waals surface area contributed by atoms with Gasteiger partial charge in [0.25, 0.3) is 0 Å². The third-order valence-corrected chi connectivity index (χ3v) is 2.66. The fraction of sp³-hybridized carbons (Fsp3) is 0.462. The van der Waals surface area contributed by atoms with Crippen molar-refractivity contribution in [1.29, 1.82) is 0 Å². The highest BCUT2D eigenvalue weighted by Gasteiger charge is 2.12. The monoisotopic (exact) mass is 306 g/mol. The molecule has 0 aliphatic carbocycles. The number of hydrogen-bond donors (Lipinski definition) is 1. The maximum absolute atomic E-state index is 13.5. The lowest BCUT2D eigenvalue weighted by atomic mass is 10.2. The molecule has 0 aliphatic rings. The van der Waals surface area contributed by atoms with Gasteiger partial charge in [-0.2, -0.15) is 0 Å². The van der Waals surface area contributed by atoms with Crippen LogP contribution >= 0.6 is 12.4 Å². The van der Waals surface area contributed by atoms with E-state index >= 15 is 0 Å². The van der Waals surface area contributed by atoms with Crippen molar-refractivity contribution >= 4 is 24.0 Å². The second kappa shape index (κ2) is 9.52. The number of carbonyl (C=O) groups excluding carboxylic acids is 1. The molecule has 0 saturated carbocycles. The fourth-order valence-electron chi connectivity index (χ4n) is 1.50. The maximum atomic E-state index is 13.5. The third kappa shape index (κ3) is 5.32. The van der Waals surface area contributed by atoms with E-state index in [4.69, 9.17) is 9.47 Å². The minimum Gasteiger partial charge on any atom is -0.494 e. The molecule has 1 N–H and O–H groups in total. The lowest BCUT2D eigenvalue weighted by Crippen LogP contribution is -2.36. The molecule has 0 saturated heterocycles. The van der Waals surface area contributed by atoms with Crippen molar-refractivity contribution in [2.75, 3.05) is 45.9 Å². The number of hydrogen-bond acceptors (Lipinski definition) is 4. The summed E-state index contributed by atoms with van der Waals surface area (Å²) in [6.07, 6.45) is 0. The van der Waals surface area contributed by atoms with Crippen LogP contribution in [0.2, 0.25) is 0 Å². The fourth-order valence-corrected chi connectivity index (χ4v) is 1.50. The largest absolute Gasteiger partial charge is 0.494 e. The molecule has 7 heteroatoms. The highest BCUT2D eigenvalue weighted by atomic mass is 35.5. The summed E-state index contributed by atoms with van der Waals surface area (Å²) in [5.74, 6) is -0.490. The van der Waals surface area contributed by atoms with E-state index in [1.165, 1.54) is 24.1 Å². The second-order valence-electron chi connectivity index (χ2n) is 3.94. The molecule has 0 spiro atoms. The predicted molar refractivity (Wildman–Crippen MR) is 78.4 cm³/mol. The van der Waals surface area contributed by atoms with Gasteiger partial charge in [0, 0.05) is 32.5 Å². The standard InChI is InChI=1S/C13H19FN2O3.ClH/c1-16(13(17)9-15-6-7-18-2)10-4-5-12(19-3)11(14)8-10;/h4-5,8,15H,6-7,9H2,1-3H3;1H. The van der Waals surface area contributed by atoms with Crippen LogP contribution in [0.15, 0.2) is 18.2 Å². The summed E-state index contributed by atoms with van der Waals surface area (Å²) >= 11 is 0. The van der Waals surface area contributed by atoms with Gasteiger partial charge in [0.15, 0.2) is 11.6 Å². The first kappa shape index (κ1) is 18.6. The molecule has 0 bridgehead atoms. The summed E-state index contributed by atoms with van der Waals surface area (Å²) in [7, 11) is 4.59. The number of halogens is 2. The van der Waals surface area contributed by atoms with Crippen LogP contribution in [-0.2, 0) is 9.53 Å². The van der Waals surface area contributed by atoms with Crippen LogP contribution in [-0.4, -0.2) is 46.9 Å². The van der Waals surface area contributed by atoms with Crippen LogP contribution in [0.25, 0.3) is 0 Å². The van der Waals surface area contributed by atoms with Gasteiger partial charge in [0.2, 0.25) is 5.91 Å². The molecular weight excluding hydrogens is 287 g/mol. The molecule has 0 aliphatic heterocycles. The average molecular weight is 307 g/mol. The Kier molecular flexibility index (Phi) is 8.87. The molecule has 0 aromatic heterocycles. The van der Waals surface area contributed by atoms with Crippen molar-refractivity contribution < 1.29 is 18.7 Å². The maximum Gasteiger partial charge on any atom is 0.240 e. The van der Waals surface area contributed by atoms with Crippen LogP contribution in [0.5, 0.6) is 5.75 Å². The number of benzene rings is 1. The summed E-state index contributed by atoms with van der Waals surface area (Å²) in [5.41, 5.74) is 0.483. The van der Waals surface area contributed by atoms with Gasteiger partial charge < -0.3 is 19.7 Å². The number of nitrogens with one attached hydrogen (secondary N) is 1. The lowest BCUT2D eigenvalue weighted by molar-refractivity contribution is -0.117. The number of carbonyl (C=O) groups is 1. The van der Waals surface area contributed by atoms with E-state index in [-0.39, 0.29) is 30.6 Å². The van der Waals surface area contributed by atoms with Crippen molar-refractivity contribution in [3.8, 4) is 5.75 Å². The molecule has 0 fully saturated rings. The zero-order chi connectivity index (χ0) is 14.3. The quantitative estimate of drug-likeness (QED) is 0.775. The first-order valence-electron chi connectivity index (χ1n) is 5.90. The number of nitrogens with zero attached hydrogens (tertiary/aromatic N) is 1. The van der Waals surface area contributed by atoms with Gasteiger partial charge in [0.1, 0.15) is 0 Å². The van der Waals surface area contributed by atoms with E-state index in [1.54, 1.807) is 20.2 Å². The topological polar surface area (TPSA) is 50.8 Å².